The smallest absolute Gasteiger partial charge is 0.434 e. The highest BCUT2D eigenvalue weighted by molar-refractivity contribution is 7.19. The van der Waals surface area contributed by atoms with Crippen LogP contribution >= 0.6 is 11.3 Å². The second kappa shape index (κ2) is 7.99. The van der Waals surface area contributed by atoms with Gasteiger partial charge in [0.05, 0.1) is 19.1 Å². The van der Waals surface area contributed by atoms with Crippen LogP contribution in [0, 0.1) is 6.92 Å². The lowest BCUT2D eigenvalue weighted by Crippen LogP contribution is -2.16. The van der Waals surface area contributed by atoms with Gasteiger partial charge in [0.1, 0.15) is 6.33 Å². The Morgan fingerprint density at radius 2 is 1.79 bits per heavy atom. The summed E-state index contributed by atoms with van der Waals surface area (Å²) in [6.07, 6.45) is -2.12. The van der Waals surface area contributed by atoms with Crippen LogP contribution in [0.25, 0.3) is 10.4 Å². The Kier molecular flexibility index (Phi) is 5.64. The molecule has 0 radical (unpaired) electrons. The van der Waals surface area contributed by atoms with Crippen LogP contribution in [-0.2, 0) is 6.18 Å². The van der Waals surface area contributed by atoms with Gasteiger partial charge in [-0.3, -0.25) is 15.1 Å². The molecular formula is C17H14F3N5O3S. The molecule has 0 aliphatic rings. The van der Waals surface area contributed by atoms with Gasteiger partial charge in [0.15, 0.2) is 16.4 Å². The number of methoxy groups -OCH3 is 2. The molecule has 3 aromatic rings. The summed E-state index contributed by atoms with van der Waals surface area (Å²) in [4.78, 5) is 27.7. The first-order valence-corrected chi connectivity index (χ1v) is 8.82. The van der Waals surface area contributed by atoms with E-state index >= 15 is 0 Å². The van der Waals surface area contributed by atoms with Crippen LogP contribution in [0.1, 0.15) is 21.7 Å². The molecule has 0 fully saturated rings. The van der Waals surface area contributed by atoms with Crippen molar-refractivity contribution in [3.63, 3.8) is 0 Å². The third-order valence-electron chi connectivity index (χ3n) is 3.76. The Hall–Kier alpha value is -3.28. The van der Waals surface area contributed by atoms with Crippen molar-refractivity contribution in [2.24, 2.45) is 0 Å². The minimum atomic E-state index is -4.72. The zero-order chi connectivity index (χ0) is 21.2. The molecule has 0 spiro atoms. The molecule has 0 bridgehead atoms. The third-order valence-corrected chi connectivity index (χ3v) is 4.76. The molecule has 12 heteroatoms. The lowest BCUT2D eigenvalue weighted by Gasteiger charge is -2.09. The molecule has 0 aliphatic heterocycles. The molecule has 3 heterocycles. The first-order chi connectivity index (χ1) is 13.8. The van der Waals surface area contributed by atoms with E-state index in [2.05, 4.69) is 25.3 Å². The molecule has 1 N–H and O–H groups in total. The van der Waals surface area contributed by atoms with Crippen LogP contribution in [-0.4, -0.2) is 40.1 Å². The predicted molar refractivity (Wildman–Crippen MR) is 98.2 cm³/mol. The summed E-state index contributed by atoms with van der Waals surface area (Å²) in [6.45, 7) is 1.59. The average Bonchev–Trinajstić information content (AvgIpc) is 3.11. The summed E-state index contributed by atoms with van der Waals surface area (Å²) in [5.41, 5.74) is -0.604. The summed E-state index contributed by atoms with van der Waals surface area (Å²) in [5, 5.41) is 2.08. The number of anilines is 1. The number of halogens is 3. The molecule has 29 heavy (non-hydrogen) atoms. The van der Waals surface area contributed by atoms with E-state index in [0.717, 1.165) is 6.33 Å². The number of nitrogens with zero attached hydrogens (tertiary/aromatic N) is 4. The standard InChI is InChI=1S/C17H14F3N5O3S/c1-8-9(5-4-6-21-8)11-12(17(18,19)20)24-16(29-11)25-13(26)10-14(27-2)22-7-23-15(10)28-3/h4-7H,1-3H3,(H,24,25,26). The number of hydrogen-bond donors (Lipinski definition) is 1. The predicted octanol–water partition coefficient (Wildman–Crippen LogP) is 3.59. The van der Waals surface area contributed by atoms with Gasteiger partial charge in [0.25, 0.3) is 5.91 Å². The minimum absolute atomic E-state index is 0.0923. The zero-order valence-corrected chi connectivity index (χ0v) is 16.2. The summed E-state index contributed by atoms with van der Waals surface area (Å²) in [5.74, 6) is -1.01. The van der Waals surface area contributed by atoms with Crippen molar-refractivity contribution >= 4 is 22.4 Å². The summed E-state index contributed by atoms with van der Waals surface area (Å²) >= 11 is 0.678. The van der Waals surface area contributed by atoms with Crippen molar-refractivity contribution in [1.29, 1.82) is 0 Å². The Bertz CT molecular complexity index is 1030. The molecule has 0 saturated heterocycles. The van der Waals surface area contributed by atoms with E-state index in [1.807, 2.05) is 0 Å². The van der Waals surface area contributed by atoms with Crippen LogP contribution in [0.2, 0.25) is 0 Å². The second-order valence-electron chi connectivity index (χ2n) is 5.55. The number of aryl methyl sites for hydroxylation is 1. The molecule has 0 aliphatic carbocycles. The van der Waals surface area contributed by atoms with Gasteiger partial charge in [-0.1, -0.05) is 17.4 Å². The lowest BCUT2D eigenvalue weighted by molar-refractivity contribution is -0.140. The topological polar surface area (TPSA) is 99.1 Å². The fourth-order valence-corrected chi connectivity index (χ4v) is 3.55. The molecule has 3 rings (SSSR count). The molecule has 152 valence electrons. The summed E-state index contributed by atoms with van der Waals surface area (Å²) in [6, 6.07) is 3.03. The van der Waals surface area contributed by atoms with Crippen molar-refractivity contribution < 1.29 is 27.4 Å². The second-order valence-corrected chi connectivity index (χ2v) is 6.55. The van der Waals surface area contributed by atoms with E-state index in [0.29, 0.717) is 17.0 Å². The number of thiazole rings is 1. The molecule has 0 atom stereocenters. The van der Waals surface area contributed by atoms with Crippen LogP contribution in [0.15, 0.2) is 24.7 Å². The highest BCUT2D eigenvalue weighted by Gasteiger charge is 2.38. The number of rotatable bonds is 5. The van der Waals surface area contributed by atoms with Gasteiger partial charge in [-0.25, -0.2) is 15.0 Å². The van der Waals surface area contributed by atoms with Crippen molar-refractivity contribution in [2.75, 3.05) is 19.5 Å². The van der Waals surface area contributed by atoms with E-state index in [1.54, 1.807) is 6.92 Å². The van der Waals surface area contributed by atoms with Crippen LogP contribution in [0.4, 0.5) is 18.3 Å². The van der Waals surface area contributed by atoms with Gasteiger partial charge < -0.3 is 9.47 Å². The SMILES string of the molecule is COc1ncnc(OC)c1C(=O)Nc1nc(C(F)(F)F)c(-c2cccnc2C)s1. The number of pyridine rings is 1. The summed E-state index contributed by atoms with van der Waals surface area (Å²) in [7, 11) is 2.57. The molecule has 0 saturated carbocycles. The van der Waals surface area contributed by atoms with Crippen molar-refractivity contribution in [1.82, 2.24) is 19.9 Å². The van der Waals surface area contributed by atoms with Crippen molar-refractivity contribution in [3.05, 3.63) is 41.6 Å². The number of alkyl halides is 3. The Morgan fingerprint density at radius 1 is 1.14 bits per heavy atom. The van der Waals surface area contributed by atoms with E-state index < -0.39 is 17.8 Å². The fraction of sp³-hybridized carbons (Fsp3) is 0.235. The molecule has 1 amide bonds. The highest BCUT2D eigenvalue weighted by atomic mass is 32.1. The number of carbonyl (C=O) groups excluding carboxylic acids is 1. The van der Waals surface area contributed by atoms with Crippen LogP contribution in [0.3, 0.4) is 0 Å². The number of amides is 1. The Labute approximate surface area is 166 Å². The first kappa shape index (κ1) is 20.5. The minimum Gasteiger partial charge on any atom is -0.480 e. The van der Waals surface area contributed by atoms with Gasteiger partial charge in [0.2, 0.25) is 11.8 Å². The Balaban J connectivity index is 2.04. The maximum atomic E-state index is 13.5. The van der Waals surface area contributed by atoms with Gasteiger partial charge >= 0.3 is 6.18 Å². The molecule has 0 aromatic carbocycles. The summed E-state index contributed by atoms with van der Waals surface area (Å²) < 4.78 is 50.6. The number of ether oxygens (including phenoxy) is 2. The quantitative estimate of drug-likeness (QED) is 0.667. The molecule has 8 nitrogen and oxygen atoms in total. The van der Waals surface area contributed by atoms with E-state index in [1.165, 1.54) is 32.5 Å². The third kappa shape index (κ3) is 4.11. The van der Waals surface area contributed by atoms with Gasteiger partial charge in [0, 0.05) is 17.5 Å². The van der Waals surface area contributed by atoms with E-state index in [-0.39, 0.29) is 32.9 Å². The van der Waals surface area contributed by atoms with Gasteiger partial charge in [-0.05, 0) is 13.0 Å². The number of aromatic nitrogens is 4. The number of nitrogens with one attached hydrogen (secondary N) is 1. The van der Waals surface area contributed by atoms with E-state index in [9.17, 15) is 18.0 Å². The maximum Gasteiger partial charge on any atom is 0.434 e. The zero-order valence-electron chi connectivity index (χ0n) is 15.4. The maximum absolute atomic E-state index is 13.5. The average molecular weight is 425 g/mol. The van der Waals surface area contributed by atoms with Gasteiger partial charge in [-0.15, -0.1) is 0 Å². The molecular weight excluding hydrogens is 411 g/mol. The highest BCUT2D eigenvalue weighted by Crippen LogP contribution is 2.42. The van der Waals surface area contributed by atoms with Crippen LogP contribution in [0.5, 0.6) is 11.8 Å². The van der Waals surface area contributed by atoms with Crippen LogP contribution < -0.4 is 14.8 Å². The molecule has 3 aromatic heterocycles. The lowest BCUT2D eigenvalue weighted by atomic mass is 10.1. The number of hydrogen-bond acceptors (Lipinski definition) is 8. The monoisotopic (exact) mass is 425 g/mol. The largest absolute Gasteiger partial charge is 0.480 e. The van der Waals surface area contributed by atoms with Crippen molar-refractivity contribution in [2.45, 2.75) is 13.1 Å². The van der Waals surface area contributed by atoms with E-state index in [4.69, 9.17) is 9.47 Å². The van der Waals surface area contributed by atoms with Crippen molar-refractivity contribution in [3.8, 4) is 22.2 Å². The number of carbonyl (C=O) groups is 1. The first-order valence-electron chi connectivity index (χ1n) is 8.00. The normalized spacial score (nSPS) is 11.2. The fourth-order valence-electron chi connectivity index (χ4n) is 2.49. The Morgan fingerprint density at radius 3 is 2.34 bits per heavy atom. The molecule has 0 unspecified atom stereocenters. The van der Waals surface area contributed by atoms with Gasteiger partial charge in [-0.2, -0.15) is 13.2 Å².